The SMILES string of the molecule is Nc1nc2ncc(CNc3ccc(C(=O)N[C@@H](CC(C(=O)O)c4ccc(Cl)cc4)C(=O)O)cc3)nc2c(=O)[nH]1. The van der Waals surface area contributed by atoms with Gasteiger partial charge in [-0.1, -0.05) is 23.7 Å². The monoisotopic (exact) mass is 551 g/mol. The standard InChI is InChI=1S/C25H22ClN7O6/c26-14-5-1-12(2-6-14)17(23(36)37)9-18(24(38)39)31-21(34)13-3-7-15(8-4-13)28-10-16-11-29-20-19(30-16)22(35)33-25(27)32-20/h1-8,11,17-18,28H,9-10H2,(H,31,34)(H,36,37)(H,38,39)(H3,27,29,32,33,35)/t17?,18-/m0/s1. The van der Waals surface area contributed by atoms with E-state index in [1.54, 1.807) is 12.1 Å². The second-order valence-electron chi connectivity index (χ2n) is 8.46. The van der Waals surface area contributed by atoms with E-state index in [-0.39, 0.29) is 35.6 Å². The second-order valence-corrected chi connectivity index (χ2v) is 8.89. The van der Waals surface area contributed by atoms with Gasteiger partial charge in [-0.2, -0.15) is 4.98 Å². The van der Waals surface area contributed by atoms with Gasteiger partial charge in [-0.25, -0.2) is 14.8 Å². The summed E-state index contributed by atoms with van der Waals surface area (Å²) in [7, 11) is 0. The number of rotatable bonds is 10. The van der Waals surface area contributed by atoms with Gasteiger partial charge in [0, 0.05) is 16.3 Å². The van der Waals surface area contributed by atoms with Crippen molar-refractivity contribution in [2.24, 2.45) is 0 Å². The van der Waals surface area contributed by atoms with Gasteiger partial charge in [0.1, 0.15) is 6.04 Å². The Balaban J connectivity index is 1.40. The number of nitrogens with one attached hydrogen (secondary N) is 3. The molecule has 0 aliphatic rings. The number of nitrogens with zero attached hydrogens (tertiary/aromatic N) is 3. The summed E-state index contributed by atoms with van der Waals surface area (Å²) < 4.78 is 0. The molecule has 1 amide bonds. The smallest absolute Gasteiger partial charge is 0.326 e. The summed E-state index contributed by atoms with van der Waals surface area (Å²) >= 11 is 5.85. The molecule has 4 aromatic rings. The van der Waals surface area contributed by atoms with Crippen LogP contribution < -0.4 is 21.9 Å². The molecule has 2 aromatic carbocycles. The summed E-state index contributed by atoms with van der Waals surface area (Å²) in [5.74, 6) is -4.50. The van der Waals surface area contributed by atoms with Crippen LogP contribution in [-0.2, 0) is 16.1 Å². The number of aromatic amines is 1. The number of amides is 1. The summed E-state index contributed by atoms with van der Waals surface area (Å²) in [6.45, 7) is 0.209. The summed E-state index contributed by atoms with van der Waals surface area (Å²) in [6, 6.07) is 10.7. The zero-order chi connectivity index (χ0) is 28.1. The van der Waals surface area contributed by atoms with E-state index in [2.05, 4.69) is 30.6 Å². The molecule has 0 aliphatic heterocycles. The molecule has 0 fully saturated rings. The third-order valence-corrected chi connectivity index (χ3v) is 6.00. The lowest BCUT2D eigenvalue weighted by molar-refractivity contribution is -0.141. The lowest BCUT2D eigenvalue weighted by Gasteiger charge is -2.20. The molecule has 4 rings (SSSR count). The van der Waals surface area contributed by atoms with Crippen LogP contribution in [0.4, 0.5) is 11.6 Å². The number of aliphatic carboxylic acids is 2. The number of carboxylic acids is 2. The van der Waals surface area contributed by atoms with Crippen molar-refractivity contribution in [3.8, 4) is 0 Å². The number of nitrogens with two attached hydrogens (primary N) is 1. The number of fused-ring (bicyclic) bond motifs is 1. The fraction of sp³-hybridized carbons (Fsp3) is 0.160. The van der Waals surface area contributed by atoms with Crippen molar-refractivity contribution in [2.75, 3.05) is 11.1 Å². The van der Waals surface area contributed by atoms with Crippen LogP contribution in [0.3, 0.4) is 0 Å². The van der Waals surface area contributed by atoms with Crippen molar-refractivity contribution < 1.29 is 24.6 Å². The van der Waals surface area contributed by atoms with Crippen LogP contribution >= 0.6 is 11.6 Å². The highest BCUT2D eigenvalue weighted by molar-refractivity contribution is 6.30. The molecule has 0 aliphatic carbocycles. The number of benzene rings is 2. The first-order valence-corrected chi connectivity index (χ1v) is 11.9. The van der Waals surface area contributed by atoms with Crippen molar-refractivity contribution >= 4 is 52.2 Å². The molecule has 2 heterocycles. The van der Waals surface area contributed by atoms with Crippen molar-refractivity contribution in [3.05, 3.63) is 86.9 Å². The zero-order valence-electron chi connectivity index (χ0n) is 20.1. The van der Waals surface area contributed by atoms with Crippen LogP contribution in [0.15, 0.2) is 59.5 Å². The first kappa shape index (κ1) is 27.0. The highest BCUT2D eigenvalue weighted by Crippen LogP contribution is 2.24. The first-order chi connectivity index (χ1) is 18.6. The Kier molecular flexibility index (Phi) is 8.01. The van der Waals surface area contributed by atoms with Gasteiger partial charge in [0.25, 0.3) is 11.5 Å². The number of H-pyrrole nitrogens is 1. The van der Waals surface area contributed by atoms with Gasteiger partial charge in [-0.3, -0.25) is 19.4 Å². The van der Waals surface area contributed by atoms with Gasteiger partial charge in [-0.05, 0) is 48.4 Å². The molecule has 2 atom stereocenters. The van der Waals surface area contributed by atoms with E-state index in [0.29, 0.717) is 22.0 Å². The Morgan fingerprint density at radius 2 is 1.69 bits per heavy atom. The molecule has 0 saturated heterocycles. The molecule has 14 heteroatoms. The molecule has 200 valence electrons. The van der Waals surface area contributed by atoms with Gasteiger partial charge < -0.3 is 26.6 Å². The van der Waals surface area contributed by atoms with Crippen molar-refractivity contribution in [1.29, 1.82) is 0 Å². The molecule has 13 nitrogen and oxygen atoms in total. The van der Waals surface area contributed by atoms with E-state index in [1.165, 1.54) is 42.6 Å². The van der Waals surface area contributed by atoms with E-state index in [4.69, 9.17) is 17.3 Å². The Bertz CT molecular complexity index is 1590. The van der Waals surface area contributed by atoms with E-state index in [0.717, 1.165) is 0 Å². The fourth-order valence-corrected chi connectivity index (χ4v) is 3.89. The number of hydrogen-bond donors (Lipinski definition) is 6. The van der Waals surface area contributed by atoms with E-state index in [1.807, 2.05) is 0 Å². The largest absolute Gasteiger partial charge is 0.481 e. The quantitative estimate of drug-likeness (QED) is 0.167. The van der Waals surface area contributed by atoms with Crippen LogP contribution in [0.1, 0.15) is 34.0 Å². The number of hydrogen-bond acceptors (Lipinski definition) is 9. The number of carboxylic acid groups (broad SMARTS) is 2. The normalized spacial score (nSPS) is 12.4. The topological polar surface area (TPSA) is 213 Å². The van der Waals surface area contributed by atoms with Crippen LogP contribution in [0.25, 0.3) is 11.2 Å². The van der Waals surface area contributed by atoms with Crippen LogP contribution in [0.2, 0.25) is 5.02 Å². The summed E-state index contributed by atoms with van der Waals surface area (Å²) in [4.78, 5) is 63.0. The maximum atomic E-state index is 12.7. The average Bonchev–Trinajstić information content (AvgIpc) is 2.90. The van der Waals surface area contributed by atoms with Gasteiger partial charge in [0.15, 0.2) is 11.2 Å². The fourth-order valence-electron chi connectivity index (χ4n) is 3.76. The Hall–Kier alpha value is -5.04. The predicted octanol–water partition coefficient (Wildman–Crippen LogP) is 2.00. The van der Waals surface area contributed by atoms with Gasteiger partial charge >= 0.3 is 11.9 Å². The Labute approximate surface area is 225 Å². The molecule has 2 aromatic heterocycles. The Morgan fingerprint density at radius 3 is 2.33 bits per heavy atom. The number of aromatic nitrogens is 4. The number of carbonyl (C=O) groups is 3. The molecule has 39 heavy (non-hydrogen) atoms. The molecule has 0 spiro atoms. The minimum Gasteiger partial charge on any atom is -0.481 e. The third-order valence-electron chi connectivity index (χ3n) is 5.75. The summed E-state index contributed by atoms with van der Waals surface area (Å²) in [5.41, 5.74) is 6.77. The van der Waals surface area contributed by atoms with Gasteiger partial charge in [0.2, 0.25) is 5.95 Å². The third kappa shape index (κ3) is 6.64. The summed E-state index contributed by atoms with van der Waals surface area (Å²) in [5, 5.41) is 25.1. The molecular formula is C25H22ClN7O6. The van der Waals surface area contributed by atoms with E-state index >= 15 is 0 Å². The molecule has 0 saturated carbocycles. The molecule has 0 bridgehead atoms. The second kappa shape index (κ2) is 11.6. The lowest BCUT2D eigenvalue weighted by Crippen LogP contribution is -2.42. The van der Waals surface area contributed by atoms with Gasteiger partial charge in [0.05, 0.1) is 24.4 Å². The molecule has 1 unspecified atom stereocenters. The lowest BCUT2D eigenvalue weighted by atomic mass is 9.92. The highest BCUT2D eigenvalue weighted by Gasteiger charge is 2.29. The van der Waals surface area contributed by atoms with Crippen LogP contribution in [-0.4, -0.2) is 54.0 Å². The Morgan fingerprint density at radius 1 is 1.00 bits per heavy atom. The number of nitrogen functional groups attached to an aromatic ring is 1. The van der Waals surface area contributed by atoms with Gasteiger partial charge in [-0.15, -0.1) is 0 Å². The number of halogens is 1. The van der Waals surface area contributed by atoms with Crippen molar-refractivity contribution in [3.63, 3.8) is 0 Å². The summed E-state index contributed by atoms with van der Waals surface area (Å²) in [6.07, 6.45) is 1.08. The van der Waals surface area contributed by atoms with Crippen LogP contribution in [0.5, 0.6) is 0 Å². The maximum Gasteiger partial charge on any atom is 0.326 e. The average molecular weight is 552 g/mol. The van der Waals surface area contributed by atoms with E-state index in [9.17, 15) is 29.4 Å². The molecule has 0 radical (unpaired) electrons. The molecular weight excluding hydrogens is 530 g/mol. The van der Waals surface area contributed by atoms with Crippen molar-refractivity contribution in [1.82, 2.24) is 25.3 Å². The molecule has 7 N–H and O–H groups in total. The van der Waals surface area contributed by atoms with Crippen LogP contribution in [0, 0.1) is 0 Å². The highest BCUT2D eigenvalue weighted by atomic mass is 35.5. The van der Waals surface area contributed by atoms with E-state index < -0.39 is 35.4 Å². The first-order valence-electron chi connectivity index (χ1n) is 11.5. The number of anilines is 2. The maximum absolute atomic E-state index is 12.7. The minimum atomic E-state index is -1.45. The van der Waals surface area contributed by atoms with Crippen molar-refractivity contribution in [2.45, 2.75) is 24.9 Å². The zero-order valence-corrected chi connectivity index (χ0v) is 20.8. The predicted molar refractivity (Wildman–Crippen MR) is 141 cm³/mol. The number of carbonyl (C=O) groups excluding carboxylic acids is 1. The minimum absolute atomic E-state index is 0.0460.